The molecule has 128 valence electrons. The third-order valence-electron chi connectivity index (χ3n) is 6.58. The quantitative estimate of drug-likeness (QED) is 0.831. The van der Waals surface area contributed by atoms with Crippen LogP contribution in [0.3, 0.4) is 0 Å². The van der Waals surface area contributed by atoms with Crippen LogP contribution in [0, 0.1) is 23.5 Å². The Morgan fingerprint density at radius 1 is 1.04 bits per heavy atom. The summed E-state index contributed by atoms with van der Waals surface area (Å²) in [5.41, 5.74) is 0.448. The van der Waals surface area contributed by atoms with Crippen molar-refractivity contribution >= 4 is 5.91 Å². The third kappa shape index (κ3) is 2.06. The van der Waals surface area contributed by atoms with Crippen LogP contribution < -0.4 is 0 Å². The van der Waals surface area contributed by atoms with E-state index in [1.54, 1.807) is 12.1 Å². The van der Waals surface area contributed by atoms with Crippen molar-refractivity contribution in [1.29, 1.82) is 0 Å². The minimum absolute atomic E-state index is 0.114. The van der Waals surface area contributed by atoms with E-state index in [0.717, 1.165) is 38.8 Å². The number of fused-ring (bicyclic) bond motifs is 2. The van der Waals surface area contributed by atoms with Crippen LogP contribution in [-0.2, 0) is 4.79 Å². The number of hydrogen-bond acceptors (Lipinski definition) is 2. The fraction of sp³-hybridized carbons (Fsp3) is 0.632. The van der Waals surface area contributed by atoms with Crippen LogP contribution in [-0.4, -0.2) is 47.4 Å². The predicted octanol–water partition coefficient (Wildman–Crippen LogP) is 2.76. The molecule has 1 amide bonds. The zero-order chi connectivity index (χ0) is 16.4. The molecule has 5 heteroatoms. The van der Waals surface area contributed by atoms with Crippen molar-refractivity contribution in [3.63, 3.8) is 0 Å². The van der Waals surface area contributed by atoms with Crippen molar-refractivity contribution in [2.75, 3.05) is 19.6 Å². The molecule has 3 atom stereocenters. The van der Waals surface area contributed by atoms with Crippen LogP contribution in [0.15, 0.2) is 18.2 Å². The van der Waals surface area contributed by atoms with Crippen LogP contribution in [0.1, 0.15) is 37.2 Å². The fourth-order valence-electron chi connectivity index (χ4n) is 5.32. The Bertz CT molecular complexity index is 682. The lowest BCUT2D eigenvalue weighted by Gasteiger charge is -2.51. The smallest absolute Gasteiger partial charge is 0.226 e. The fourth-order valence-corrected chi connectivity index (χ4v) is 5.32. The van der Waals surface area contributed by atoms with Gasteiger partial charge >= 0.3 is 0 Å². The molecule has 3 nitrogen and oxygen atoms in total. The van der Waals surface area contributed by atoms with Gasteiger partial charge in [0.1, 0.15) is 0 Å². The van der Waals surface area contributed by atoms with E-state index in [9.17, 15) is 13.6 Å². The van der Waals surface area contributed by atoms with Gasteiger partial charge < -0.3 is 4.90 Å². The molecule has 5 aliphatic rings. The Hall–Kier alpha value is -1.49. The molecule has 6 rings (SSSR count). The van der Waals surface area contributed by atoms with Crippen molar-refractivity contribution in [2.45, 2.75) is 43.7 Å². The summed E-state index contributed by atoms with van der Waals surface area (Å²) in [6.07, 6.45) is 4.21. The summed E-state index contributed by atoms with van der Waals surface area (Å²) in [6.45, 7) is 2.58. The Morgan fingerprint density at radius 2 is 1.79 bits per heavy atom. The molecule has 4 aliphatic heterocycles. The third-order valence-corrected chi connectivity index (χ3v) is 6.58. The minimum Gasteiger partial charge on any atom is -0.337 e. The average Bonchev–Trinajstić information content (AvgIpc) is 3.37. The SMILES string of the molecule is O=C(C1CC1)N1C[C@H](c2cccc(F)c2F)[C@H]2[C@@H]1C1CCN2CC1. The number of carbonyl (C=O) groups excluding carboxylic acids is 1. The first-order chi connectivity index (χ1) is 11.6. The largest absolute Gasteiger partial charge is 0.337 e. The molecule has 5 fully saturated rings. The number of benzene rings is 1. The first-order valence-corrected chi connectivity index (χ1v) is 9.13. The average molecular weight is 332 g/mol. The van der Waals surface area contributed by atoms with Gasteiger partial charge in [0, 0.05) is 24.4 Å². The second kappa shape index (κ2) is 5.25. The van der Waals surface area contributed by atoms with E-state index in [1.165, 1.54) is 6.07 Å². The number of piperidine rings is 3. The minimum atomic E-state index is -0.785. The number of rotatable bonds is 2. The Morgan fingerprint density at radius 3 is 2.50 bits per heavy atom. The summed E-state index contributed by atoms with van der Waals surface area (Å²) in [5, 5.41) is 0. The van der Waals surface area contributed by atoms with Crippen LogP contribution >= 0.6 is 0 Å². The highest BCUT2D eigenvalue weighted by molar-refractivity contribution is 5.82. The molecular weight excluding hydrogens is 310 g/mol. The lowest BCUT2D eigenvalue weighted by molar-refractivity contribution is -0.137. The van der Waals surface area contributed by atoms with Crippen molar-refractivity contribution in [3.05, 3.63) is 35.4 Å². The summed E-state index contributed by atoms with van der Waals surface area (Å²) in [4.78, 5) is 17.3. The molecule has 0 radical (unpaired) electrons. The van der Waals surface area contributed by atoms with Gasteiger partial charge in [0.25, 0.3) is 0 Å². The molecule has 1 aromatic carbocycles. The first kappa shape index (κ1) is 14.8. The second-order valence-electron chi connectivity index (χ2n) is 7.87. The number of halogens is 2. The van der Waals surface area contributed by atoms with Gasteiger partial charge in [-0.3, -0.25) is 9.69 Å². The van der Waals surface area contributed by atoms with Crippen molar-refractivity contribution in [1.82, 2.24) is 9.80 Å². The van der Waals surface area contributed by atoms with Crippen LogP contribution in [0.2, 0.25) is 0 Å². The highest BCUT2D eigenvalue weighted by Crippen LogP contribution is 2.48. The zero-order valence-corrected chi connectivity index (χ0v) is 13.6. The highest BCUT2D eigenvalue weighted by atomic mass is 19.2. The molecule has 1 aliphatic carbocycles. The highest BCUT2D eigenvalue weighted by Gasteiger charge is 2.56. The van der Waals surface area contributed by atoms with E-state index in [-0.39, 0.29) is 29.8 Å². The molecule has 24 heavy (non-hydrogen) atoms. The molecule has 1 aromatic rings. The van der Waals surface area contributed by atoms with Crippen LogP contribution in [0.25, 0.3) is 0 Å². The molecule has 0 aromatic heterocycles. The molecule has 4 heterocycles. The van der Waals surface area contributed by atoms with Gasteiger partial charge in [0.15, 0.2) is 11.6 Å². The summed E-state index contributed by atoms with van der Waals surface area (Å²) in [6, 6.07) is 4.80. The monoisotopic (exact) mass is 332 g/mol. The summed E-state index contributed by atoms with van der Waals surface area (Å²) in [7, 11) is 0. The van der Waals surface area contributed by atoms with Gasteiger partial charge in [0.05, 0.1) is 6.04 Å². The Labute approximate surface area is 140 Å². The van der Waals surface area contributed by atoms with E-state index < -0.39 is 11.6 Å². The van der Waals surface area contributed by atoms with Gasteiger partial charge in [-0.2, -0.15) is 0 Å². The van der Waals surface area contributed by atoms with Crippen molar-refractivity contribution < 1.29 is 13.6 Å². The van der Waals surface area contributed by atoms with Crippen molar-refractivity contribution in [3.8, 4) is 0 Å². The molecule has 0 spiro atoms. The number of nitrogens with zero attached hydrogens (tertiary/aromatic N) is 2. The first-order valence-electron chi connectivity index (χ1n) is 9.13. The van der Waals surface area contributed by atoms with Gasteiger partial charge in [-0.05, 0) is 56.3 Å². The maximum absolute atomic E-state index is 14.5. The molecular formula is C19H22F2N2O. The Balaban J connectivity index is 1.55. The van der Waals surface area contributed by atoms with E-state index >= 15 is 0 Å². The maximum atomic E-state index is 14.5. The number of hydrogen-bond donors (Lipinski definition) is 0. The van der Waals surface area contributed by atoms with Gasteiger partial charge in [0.2, 0.25) is 5.91 Å². The van der Waals surface area contributed by atoms with E-state index in [0.29, 0.717) is 18.0 Å². The zero-order valence-electron chi connectivity index (χ0n) is 13.6. The summed E-state index contributed by atoms with van der Waals surface area (Å²) in [5.74, 6) is -0.687. The molecule has 0 N–H and O–H groups in total. The summed E-state index contributed by atoms with van der Waals surface area (Å²) < 4.78 is 28.2. The number of amides is 1. The molecule has 1 saturated carbocycles. The van der Waals surface area contributed by atoms with E-state index in [4.69, 9.17) is 0 Å². The molecule has 4 saturated heterocycles. The standard InChI is InChI=1S/C19H22F2N2O/c20-15-3-1-2-13(16(15)21)14-10-23(19(24)12-4-5-12)17-11-6-8-22(9-7-11)18(14)17/h1-3,11-12,14,17-18H,4-10H2/t14-,17+,18+/m1/s1. The number of carbonyl (C=O) groups is 1. The maximum Gasteiger partial charge on any atom is 0.226 e. The lowest BCUT2D eigenvalue weighted by atomic mass is 9.75. The molecule has 0 unspecified atom stereocenters. The number of likely N-dealkylation sites (tertiary alicyclic amines) is 1. The summed E-state index contributed by atoms with van der Waals surface area (Å²) >= 11 is 0. The van der Waals surface area contributed by atoms with Crippen molar-refractivity contribution in [2.24, 2.45) is 11.8 Å². The van der Waals surface area contributed by atoms with Gasteiger partial charge in [-0.1, -0.05) is 12.1 Å². The molecule has 2 bridgehead atoms. The van der Waals surface area contributed by atoms with Crippen LogP contribution in [0.5, 0.6) is 0 Å². The van der Waals surface area contributed by atoms with Crippen LogP contribution in [0.4, 0.5) is 8.78 Å². The Kier molecular flexibility index (Phi) is 3.24. The van der Waals surface area contributed by atoms with Gasteiger partial charge in [-0.15, -0.1) is 0 Å². The second-order valence-corrected chi connectivity index (χ2v) is 7.87. The van der Waals surface area contributed by atoms with E-state index in [1.807, 2.05) is 4.90 Å². The predicted molar refractivity (Wildman–Crippen MR) is 85.4 cm³/mol. The normalized spacial score (nSPS) is 37.6. The topological polar surface area (TPSA) is 23.6 Å². The van der Waals surface area contributed by atoms with Gasteiger partial charge in [-0.25, -0.2) is 8.78 Å². The van der Waals surface area contributed by atoms with E-state index in [2.05, 4.69) is 4.90 Å². The lowest BCUT2D eigenvalue weighted by Crippen LogP contribution is -2.60.